The molecule has 24 heavy (non-hydrogen) atoms. The van der Waals surface area contributed by atoms with E-state index in [0.717, 1.165) is 0 Å². The quantitative estimate of drug-likeness (QED) is 0.818. The second-order valence-corrected chi connectivity index (χ2v) is 5.94. The number of phenols is 1. The Balaban J connectivity index is 2.59. The summed E-state index contributed by atoms with van der Waals surface area (Å²) in [7, 11) is 4.16. The van der Waals surface area contributed by atoms with Crippen LogP contribution in [0.4, 0.5) is 0 Å². The predicted molar refractivity (Wildman–Crippen MR) is 87.9 cm³/mol. The summed E-state index contributed by atoms with van der Waals surface area (Å²) in [6.45, 7) is 1.78. The number of phenolic OH excluding ortho intramolecular Hbond substituents is 1. The van der Waals surface area contributed by atoms with Crippen molar-refractivity contribution in [3.05, 3.63) is 28.5 Å². The number of carbonyl (C=O) groups is 2. The number of ketones is 2. The van der Waals surface area contributed by atoms with Crippen LogP contribution in [0.1, 0.15) is 23.7 Å². The number of hydrogen-bond acceptors (Lipinski definition) is 6. The average molecular weight is 355 g/mol. The summed E-state index contributed by atoms with van der Waals surface area (Å²) in [6.07, 6.45) is 1.54. The highest BCUT2D eigenvalue weighted by atomic mass is 35.5. The molecule has 2 rings (SSSR count). The smallest absolute Gasteiger partial charge is 0.181 e. The molecular formula is C17H19ClO6. The molecule has 1 aromatic carbocycles. The molecule has 0 amide bonds. The van der Waals surface area contributed by atoms with Gasteiger partial charge in [0.15, 0.2) is 17.3 Å². The van der Waals surface area contributed by atoms with Gasteiger partial charge in [-0.25, -0.2) is 0 Å². The van der Waals surface area contributed by atoms with E-state index in [-0.39, 0.29) is 46.0 Å². The molecule has 6 nitrogen and oxygen atoms in total. The molecule has 2 atom stereocenters. The van der Waals surface area contributed by atoms with E-state index in [9.17, 15) is 14.7 Å². The van der Waals surface area contributed by atoms with Crippen LogP contribution < -0.4 is 9.47 Å². The van der Waals surface area contributed by atoms with Crippen molar-refractivity contribution in [3.8, 4) is 17.2 Å². The van der Waals surface area contributed by atoms with E-state index in [1.807, 2.05) is 0 Å². The van der Waals surface area contributed by atoms with Crippen LogP contribution in [0.15, 0.2) is 17.9 Å². The van der Waals surface area contributed by atoms with Gasteiger partial charge < -0.3 is 19.3 Å². The first-order chi connectivity index (χ1) is 11.3. The zero-order chi connectivity index (χ0) is 18.0. The van der Waals surface area contributed by atoms with Crippen molar-refractivity contribution < 1.29 is 28.9 Å². The van der Waals surface area contributed by atoms with E-state index in [4.69, 9.17) is 25.8 Å². The van der Waals surface area contributed by atoms with E-state index in [1.165, 1.54) is 33.5 Å². The fourth-order valence-corrected chi connectivity index (χ4v) is 3.12. The van der Waals surface area contributed by atoms with Crippen molar-refractivity contribution in [1.82, 2.24) is 0 Å². The number of aromatic hydroxyl groups is 1. The van der Waals surface area contributed by atoms with Crippen LogP contribution in [0.5, 0.6) is 17.2 Å². The van der Waals surface area contributed by atoms with Crippen LogP contribution >= 0.6 is 11.6 Å². The number of methoxy groups -OCH3 is 3. The molecule has 7 heteroatoms. The molecule has 0 saturated heterocycles. The Bertz CT molecular complexity index is 710. The summed E-state index contributed by atoms with van der Waals surface area (Å²) in [4.78, 5) is 24.8. The Kier molecular flexibility index (Phi) is 5.39. The number of Topliss-reactive ketones (excluding diaryl/α,β-unsaturated/α-hetero) is 1. The van der Waals surface area contributed by atoms with E-state index in [2.05, 4.69) is 0 Å². The van der Waals surface area contributed by atoms with Crippen molar-refractivity contribution in [1.29, 1.82) is 0 Å². The van der Waals surface area contributed by atoms with Crippen LogP contribution in [0, 0.1) is 11.8 Å². The Morgan fingerprint density at radius 2 is 1.83 bits per heavy atom. The standard InChI is InChI=1S/C17H19ClO6/c1-8-5-9(19)6-10(22-2)13(8)16(20)14-11(23-3)7-12(24-4)15(18)17(14)21/h6-8,13,21H,5H2,1-4H3/t8-,13-/m1/s1. The minimum absolute atomic E-state index is 0.0579. The van der Waals surface area contributed by atoms with Gasteiger partial charge in [-0.15, -0.1) is 0 Å². The lowest BCUT2D eigenvalue weighted by Crippen LogP contribution is -2.31. The van der Waals surface area contributed by atoms with Gasteiger partial charge in [-0.1, -0.05) is 18.5 Å². The van der Waals surface area contributed by atoms with E-state index in [1.54, 1.807) is 6.92 Å². The first kappa shape index (κ1) is 18.1. The third-order valence-corrected chi connectivity index (χ3v) is 4.44. The lowest BCUT2D eigenvalue weighted by molar-refractivity contribution is -0.116. The number of rotatable bonds is 5. The van der Waals surface area contributed by atoms with Crippen LogP contribution in [0.2, 0.25) is 5.02 Å². The van der Waals surface area contributed by atoms with Crippen molar-refractivity contribution in [2.75, 3.05) is 21.3 Å². The van der Waals surface area contributed by atoms with Gasteiger partial charge in [0.05, 0.1) is 27.2 Å². The van der Waals surface area contributed by atoms with Gasteiger partial charge in [0.2, 0.25) is 0 Å². The number of allylic oxidation sites excluding steroid dienone is 2. The highest BCUT2D eigenvalue weighted by Crippen LogP contribution is 2.45. The van der Waals surface area contributed by atoms with Gasteiger partial charge >= 0.3 is 0 Å². The van der Waals surface area contributed by atoms with Crippen molar-refractivity contribution in [2.24, 2.45) is 11.8 Å². The molecular weight excluding hydrogens is 336 g/mol. The summed E-state index contributed by atoms with van der Waals surface area (Å²) in [5, 5.41) is 10.3. The zero-order valence-electron chi connectivity index (χ0n) is 13.9. The first-order valence-corrected chi connectivity index (χ1v) is 7.69. The molecule has 0 spiro atoms. The largest absolute Gasteiger partial charge is 0.505 e. The number of hydrogen-bond donors (Lipinski definition) is 1. The van der Waals surface area contributed by atoms with Gasteiger partial charge in [0.25, 0.3) is 0 Å². The average Bonchev–Trinajstić information content (AvgIpc) is 2.55. The Hall–Kier alpha value is -2.21. The lowest BCUT2D eigenvalue weighted by atomic mass is 9.78. The zero-order valence-corrected chi connectivity index (χ0v) is 14.6. The third-order valence-electron chi connectivity index (χ3n) is 4.08. The maximum absolute atomic E-state index is 13.1. The maximum atomic E-state index is 13.1. The number of carbonyl (C=O) groups excluding carboxylic acids is 2. The monoisotopic (exact) mass is 354 g/mol. The third kappa shape index (κ3) is 3.06. The second kappa shape index (κ2) is 7.13. The molecule has 1 N–H and O–H groups in total. The van der Waals surface area contributed by atoms with Crippen molar-refractivity contribution in [2.45, 2.75) is 13.3 Å². The first-order valence-electron chi connectivity index (χ1n) is 7.31. The molecule has 0 radical (unpaired) electrons. The SMILES string of the molecule is COC1=CC(=O)C[C@@H](C)[C@H]1C(=O)c1c(OC)cc(OC)c(Cl)c1O. The molecule has 0 saturated carbocycles. The van der Waals surface area contributed by atoms with E-state index >= 15 is 0 Å². The van der Waals surface area contributed by atoms with E-state index in [0.29, 0.717) is 0 Å². The minimum atomic E-state index is -0.711. The number of ether oxygens (including phenoxy) is 3. The summed E-state index contributed by atoms with van der Waals surface area (Å²) in [6, 6.07) is 1.43. The predicted octanol–water partition coefficient (Wildman–Crippen LogP) is 3.00. The molecule has 1 aliphatic carbocycles. The van der Waals surface area contributed by atoms with Gasteiger partial charge in [0, 0.05) is 18.6 Å². The van der Waals surface area contributed by atoms with Gasteiger partial charge in [-0.05, 0) is 5.92 Å². The van der Waals surface area contributed by atoms with Crippen LogP contribution in [-0.2, 0) is 9.53 Å². The number of benzene rings is 1. The Morgan fingerprint density at radius 1 is 1.21 bits per heavy atom. The fraction of sp³-hybridized carbons (Fsp3) is 0.412. The normalized spacial score (nSPS) is 20.4. The second-order valence-electron chi connectivity index (χ2n) is 5.56. The van der Waals surface area contributed by atoms with Crippen molar-refractivity contribution in [3.63, 3.8) is 0 Å². The molecule has 130 valence electrons. The molecule has 0 bridgehead atoms. The Labute approximate surface area is 145 Å². The van der Waals surface area contributed by atoms with Crippen LogP contribution in [-0.4, -0.2) is 38.0 Å². The van der Waals surface area contributed by atoms with Gasteiger partial charge in [0.1, 0.15) is 27.8 Å². The summed E-state index contributed by atoms with van der Waals surface area (Å²) in [5.41, 5.74) is -0.0579. The fourth-order valence-electron chi connectivity index (χ4n) is 2.90. The maximum Gasteiger partial charge on any atom is 0.181 e. The van der Waals surface area contributed by atoms with Crippen LogP contribution in [0.25, 0.3) is 0 Å². The van der Waals surface area contributed by atoms with Gasteiger partial charge in [-0.2, -0.15) is 0 Å². The lowest BCUT2D eigenvalue weighted by Gasteiger charge is -2.28. The molecule has 0 aromatic heterocycles. The minimum Gasteiger partial charge on any atom is -0.505 e. The van der Waals surface area contributed by atoms with Crippen molar-refractivity contribution >= 4 is 23.2 Å². The van der Waals surface area contributed by atoms with Crippen LogP contribution in [0.3, 0.4) is 0 Å². The highest BCUT2D eigenvalue weighted by molar-refractivity contribution is 6.34. The Morgan fingerprint density at radius 3 is 2.38 bits per heavy atom. The molecule has 0 heterocycles. The molecule has 1 aliphatic rings. The summed E-state index contributed by atoms with van der Waals surface area (Å²) >= 11 is 6.06. The molecule has 0 unspecified atom stereocenters. The number of halogens is 1. The summed E-state index contributed by atoms with van der Waals surface area (Å²) < 4.78 is 15.5. The molecule has 1 aromatic rings. The molecule has 0 aliphatic heterocycles. The summed E-state index contributed by atoms with van der Waals surface area (Å²) in [5.74, 6) is -1.36. The van der Waals surface area contributed by atoms with E-state index < -0.39 is 17.5 Å². The molecule has 0 fully saturated rings. The highest BCUT2D eigenvalue weighted by Gasteiger charge is 2.38. The van der Waals surface area contributed by atoms with Gasteiger partial charge in [-0.3, -0.25) is 9.59 Å². The topological polar surface area (TPSA) is 82.1 Å².